The number of nitrogens with zero attached hydrogens (tertiary/aromatic N) is 4. The third-order valence-electron chi connectivity index (χ3n) is 4.23. The van der Waals surface area contributed by atoms with Gasteiger partial charge in [0, 0.05) is 34.0 Å². The molecule has 144 valence electrons. The summed E-state index contributed by atoms with van der Waals surface area (Å²) in [4.78, 5) is 27.8. The fourth-order valence-electron chi connectivity index (χ4n) is 2.62. The van der Waals surface area contributed by atoms with Crippen molar-refractivity contribution in [3.05, 3.63) is 46.0 Å². The highest BCUT2D eigenvalue weighted by molar-refractivity contribution is 7.99. The predicted molar refractivity (Wildman–Crippen MR) is 109 cm³/mol. The molecule has 3 aromatic rings. The van der Waals surface area contributed by atoms with Crippen molar-refractivity contribution in [1.29, 1.82) is 5.41 Å². The Morgan fingerprint density at radius 1 is 1.29 bits per heavy atom. The molecule has 0 saturated heterocycles. The Morgan fingerprint density at radius 3 is 2.64 bits per heavy atom. The van der Waals surface area contributed by atoms with Crippen LogP contribution in [0.25, 0.3) is 5.95 Å². The van der Waals surface area contributed by atoms with E-state index < -0.39 is 0 Å². The Kier molecular flexibility index (Phi) is 5.27. The van der Waals surface area contributed by atoms with Crippen molar-refractivity contribution in [3.8, 4) is 5.95 Å². The lowest BCUT2D eigenvalue weighted by atomic mass is 10.3. The van der Waals surface area contributed by atoms with Crippen molar-refractivity contribution in [2.75, 3.05) is 5.32 Å². The van der Waals surface area contributed by atoms with Gasteiger partial charge < -0.3 is 5.32 Å². The largest absolute Gasteiger partial charge is 0.326 e. The summed E-state index contributed by atoms with van der Waals surface area (Å²) in [6, 6.07) is 7.62. The van der Waals surface area contributed by atoms with Gasteiger partial charge in [-0.25, -0.2) is 4.98 Å². The summed E-state index contributed by atoms with van der Waals surface area (Å²) in [7, 11) is 0. The fourth-order valence-corrected chi connectivity index (χ4v) is 4.06. The van der Waals surface area contributed by atoms with Gasteiger partial charge in [-0.15, -0.1) is 11.3 Å². The zero-order valence-corrected chi connectivity index (χ0v) is 17.2. The molecule has 1 aliphatic rings. The molecule has 0 bridgehead atoms. The first-order chi connectivity index (χ1) is 13.5. The molecule has 1 aliphatic carbocycles. The first-order valence-corrected chi connectivity index (χ1v) is 10.7. The van der Waals surface area contributed by atoms with Gasteiger partial charge in [-0.3, -0.25) is 14.8 Å². The van der Waals surface area contributed by atoms with E-state index in [0.29, 0.717) is 28.2 Å². The third kappa shape index (κ3) is 4.31. The summed E-state index contributed by atoms with van der Waals surface area (Å²) >= 11 is 2.86. The highest BCUT2D eigenvalue weighted by atomic mass is 32.2. The Morgan fingerprint density at radius 2 is 2.04 bits per heavy atom. The fraction of sp³-hybridized carbons (Fsp3) is 0.316. The second-order valence-electron chi connectivity index (χ2n) is 6.60. The number of aryl methyl sites for hydroxylation is 1. The second-order valence-corrected chi connectivity index (χ2v) is 8.87. The van der Waals surface area contributed by atoms with Crippen LogP contribution in [0.15, 0.2) is 40.5 Å². The second kappa shape index (κ2) is 7.84. The van der Waals surface area contributed by atoms with E-state index in [0.717, 1.165) is 34.1 Å². The minimum Gasteiger partial charge on any atom is -0.326 e. The van der Waals surface area contributed by atoms with Crippen molar-refractivity contribution in [2.45, 2.75) is 49.1 Å². The van der Waals surface area contributed by atoms with E-state index in [1.807, 2.05) is 44.3 Å². The van der Waals surface area contributed by atoms with Crippen LogP contribution in [0.3, 0.4) is 0 Å². The molecular weight excluding hydrogens is 392 g/mol. The van der Waals surface area contributed by atoms with Crippen LogP contribution in [0, 0.1) is 12.3 Å². The number of nitrogens with one attached hydrogen (secondary N) is 2. The van der Waals surface area contributed by atoms with Crippen LogP contribution in [-0.4, -0.2) is 25.4 Å². The average molecular weight is 413 g/mol. The maximum Gasteiger partial charge on any atom is 0.240 e. The van der Waals surface area contributed by atoms with E-state index in [9.17, 15) is 4.79 Å². The van der Waals surface area contributed by atoms with Crippen LogP contribution >= 0.6 is 23.1 Å². The Balaban J connectivity index is 1.61. The monoisotopic (exact) mass is 412 g/mol. The number of hydrogen-bond donors (Lipinski definition) is 2. The molecule has 7 nitrogen and oxygen atoms in total. The molecule has 0 aliphatic heterocycles. The van der Waals surface area contributed by atoms with Crippen LogP contribution in [0.5, 0.6) is 0 Å². The lowest BCUT2D eigenvalue weighted by Gasteiger charge is -2.08. The van der Waals surface area contributed by atoms with Gasteiger partial charge in [-0.2, -0.15) is 9.97 Å². The van der Waals surface area contributed by atoms with Gasteiger partial charge in [0.15, 0.2) is 9.96 Å². The van der Waals surface area contributed by atoms with Crippen LogP contribution in [0.2, 0.25) is 0 Å². The Bertz CT molecular complexity index is 1070. The van der Waals surface area contributed by atoms with Crippen molar-refractivity contribution in [2.24, 2.45) is 0 Å². The summed E-state index contributed by atoms with van der Waals surface area (Å²) in [6.45, 7) is 3.79. The van der Waals surface area contributed by atoms with Gasteiger partial charge in [0.05, 0.1) is 0 Å². The molecule has 0 atom stereocenters. The van der Waals surface area contributed by atoms with E-state index >= 15 is 0 Å². The minimum atomic E-state index is -0.00846. The number of carbonyl (C=O) groups excluding carboxylic acids is 1. The van der Waals surface area contributed by atoms with Gasteiger partial charge in [-0.05, 0) is 55.8 Å². The van der Waals surface area contributed by atoms with Gasteiger partial charge in [-0.1, -0.05) is 6.92 Å². The number of rotatable bonds is 6. The van der Waals surface area contributed by atoms with E-state index in [1.165, 1.54) is 23.1 Å². The number of anilines is 1. The molecule has 0 radical (unpaired) electrons. The van der Waals surface area contributed by atoms with Crippen molar-refractivity contribution in [1.82, 2.24) is 19.5 Å². The zero-order valence-electron chi connectivity index (χ0n) is 15.6. The number of benzene rings is 1. The smallest absolute Gasteiger partial charge is 0.240 e. The Hall–Kier alpha value is -2.52. The average Bonchev–Trinajstić information content (AvgIpc) is 3.47. The standard InChI is InChI=1S/C19H20N6OS2/c1-3-15(26)21-13-6-8-14(9-7-13)28-19-23-16(12-4-5-12)22-18(24-19)25-10-11(2)27-17(25)20/h6-10,12,20H,3-5H2,1-2H3,(H,21,26). The quantitative estimate of drug-likeness (QED) is 0.640. The highest BCUT2D eigenvalue weighted by Crippen LogP contribution is 2.39. The van der Waals surface area contributed by atoms with E-state index in [2.05, 4.69) is 20.3 Å². The molecule has 1 fully saturated rings. The van der Waals surface area contributed by atoms with Crippen LogP contribution < -0.4 is 10.1 Å². The molecule has 28 heavy (non-hydrogen) atoms. The molecule has 1 aromatic carbocycles. The van der Waals surface area contributed by atoms with Gasteiger partial charge >= 0.3 is 0 Å². The van der Waals surface area contributed by atoms with Crippen LogP contribution in [0.1, 0.15) is 42.8 Å². The van der Waals surface area contributed by atoms with Crippen LogP contribution in [-0.2, 0) is 4.79 Å². The molecule has 2 aromatic heterocycles. The number of amides is 1. The number of carbonyl (C=O) groups is 1. The summed E-state index contributed by atoms with van der Waals surface area (Å²) in [5, 5.41) is 11.6. The number of thiazole rings is 1. The summed E-state index contributed by atoms with van der Waals surface area (Å²) in [5.41, 5.74) is 0.773. The summed E-state index contributed by atoms with van der Waals surface area (Å²) < 4.78 is 1.71. The molecule has 0 spiro atoms. The maximum absolute atomic E-state index is 11.5. The van der Waals surface area contributed by atoms with Crippen molar-refractivity contribution in [3.63, 3.8) is 0 Å². The maximum atomic E-state index is 11.5. The molecular formula is C19H20N6OS2. The van der Waals surface area contributed by atoms with E-state index in [1.54, 1.807) is 4.57 Å². The lowest BCUT2D eigenvalue weighted by Crippen LogP contribution is -2.15. The molecule has 1 saturated carbocycles. The minimum absolute atomic E-state index is 0.00846. The van der Waals surface area contributed by atoms with Crippen LogP contribution in [0.4, 0.5) is 5.69 Å². The molecule has 2 N–H and O–H groups in total. The van der Waals surface area contributed by atoms with Gasteiger partial charge in [0.2, 0.25) is 11.9 Å². The third-order valence-corrected chi connectivity index (χ3v) is 5.92. The number of hydrogen-bond acceptors (Lipinski definition) is 7. The highest BCUT2D eigenvalue weighted by Gasteiger charge is 2.28. The summed E-state index contributed by atoms with van der Waals surface area (Å²) in [5.74, 6) is 1.68. The first-order valence-electron chi connectivity index (χ1n) is 9.09. The predicted octanol–water partition coefficient (Wildman–Crippen LogP) is 3.89. The molecule has 9 heteroatoms. The topological polar surface area (TPSA) is 96.5 Å². The molecule has 2 heterocycles. The normalized spacial score (nSPS) is 13.5. The molecule has 4 rings (SSSR count). The van der Waals surface area contributed by atoms with E-state index in [-0.39, 0.29) is 5.91 Å². The Labute approximate surface area is 170 Å². The van der Waals surface area contributed by atoms with Crippen molar-refractivity contribution < 1.29 is 4.79 Å². The zero-order chi connectivity index (χ0) is 19.7. The van der Waals surface area contributed by atoms with Gasteiger partial charge in [0.1, 0.15) is 5.82 Å². The van der Waals surface area contributed by atoms with E-state index in [4.69, 9.17) is 5.41 Å². The number of aromatic nitrogens is 4. The van der Waals surface area contributed by atoms with Crippen molar-refractivity contribution >= 4 is 34.7 Å². The summed E-state index contributed by atoms with van der Waals surface area (Å²) in [6.07, 6.45) is 4.53. The molecule has 0 unspecified atom stereocenters. The van der Waals surface area contributed by atoms with Gasteiger partial charge in [0.25, 0.3) is 0 Å². The lowest BCUT2D eigenvalue weighted by molar-refractivity contribution is -0.115. The first kappa shape index (κ1) is 18.8. The SMILES string of the molecule is CCC(=O)Nc1ccc(Sc2nc(C3CC3)nc(-n3cc(C)sc3=N)n2)cc1. The molecule has 1 amide bonds.